The van der Waals surface area contributed by atoms with Gasteiger partial charge in [-0.05, 0) is 60.2 Å². The Hall–Kier alpha value is -7.60. The summed E-state index contributed by atoms with van der Waals surface area (Å²) in [6.07, 6.45) is -9.20. The van der Waals surface area contributed by atoms with Gasteiger partial charge in [0, 0.05) is 69.3 Å². The fourth-order valence-electron chi connectivity index (χ4n) is 8.79. The maximum atomic E-state index is 12.5. The van der Waals surface area contributed by atoms with E-state index in [1.54, 1.807) is 0 Å². The molecule has 17 nitrogen and oxygen atoms in total. The molecule has 0 amide bonds. The molecular weight excluding hydrogens is 812 g/mol. The molecule has 320 valence electrons. The van der Waals surface area contributed by atoms with Gasteiger partial charge in [-0.1, -0.05) is 18.2 Å². The monoisotopic (exact) mass is 850 g/mol. The average Bonchev–Trinajstić information content (AvgIpc) is 3.23. The Morgan fingerprint density at radius 3 is 1.34 bits per heavy atom. The van der Waals surface area contributed by atoms with Gasteiger partial charge in [0.05, 0.1) is 6.10 Å². The predicted molar refractivity (Wildman–Crippen MR) is 212 cm³/mol. The number of hydrogen-bond donors (Lipinski definition) is 14. The van der Waals surface area contributed by atoms with Crippen LogP contribution in [0.5, 0.6) is 80.5 Å². The molecule has 8 unspecified atom stereocenters. The predicted octanol–water partition coefficient (Wildman–Crippen LogP) is 4.74. The molecule has 62 heavy (non-hydrogen) atoms. The van der Waals surface area contributed by atoms with Crippen LogP contribution >= 0.6 is 0 Å². The van der Waals surface area contributed by atoms with Crippen molar-refractivity contribution in [3.05, 3.63) is 129 Å². The van der Waals surface area contributed by atoms with Crippen molar-refractivity contribution in [2.45, 2.75) is 54.9 Å². The first-order chi connectivity index (χ1) is 29.5. The van der Waals surface area contributed by atoms with E-state index >= 15 is 0 Å². The number of phenols is 11. The van der Waals surface area contributed by atoms with Gasteiger partial charge in [-0.15, -0.1) is 0 Å². The zero-order valence-electron chi connectivity index (χ0n) is 31.9. The first-order valence-corrected chi connectivity index (χ1v) is 19.1. The van der Waals surface area contributed by atoms with Crippen molar-refractivity contribution in [3.63, 3.8) is 0 Å². The molecule has 3 aliphatic heterocycles. The molecule has 8 atom stereocenters. The molecule has 0 saturated carbocycles. The van der Waals surface area contributed by atoms with Gasteiger partial charge >= 0.3 is 0 Å². The van der Waals surface area contributed by atoms with E-state index in [2.05, 4.69) is 0 Å². The van der Waals surface area contributed by atoms with Gasteiger partial charge in [0.15, 0.2) is 58.2 Å². The van der Waals surface area contributed by atoms with E-state index in [-0.39, 0.29) is 79.7 Å². The Kier molecular flexibility index (Phi) is 9.35. The Labute approximate surface area is 349 Å². The minimum absolute atomic E-state index is 0.00441. The maximum absolute atomic E-state index is 12.5. The van der Waals surface area contributed by atoms with Crippen LogP contribution in [0.3, 0.4) is 0 Å². The number of rotatable bonds is 5. The Morgan fingerprint density at radius 1 is 0.387 bits per heavy atom. The summed E-state index contributed by atoms with van der Waals surface area (Å²) < 4.78 is 18.9. The zero-order chi connectivity index (χ0) is 44.0. The first-order valence-electron chi connectivity index (χ1n) is 19.1. The van der Waals surface area contributed by atoms with E-state index in [4.69, 9.17) is 14.2 Å². The standard InChI is InChI=1S/C45H38O17/c46-19-2-4-21-33(12-19)60-43(17-8-28(50)38(56)29(51)9-17)40(58)35(21)23-14-24(45-25(37(23)55)15-32(54)42(62-45)16-1-6-26(48)27(49)7-16)36-22-5-3-20(47)13-34(22)61-44(41(36)59)18-10-30(52)39(57)31(53)11-18/h1-14,32,35-36,40-44,46-59H,15H2. The molecule has 0 spiro atoms. The molecule has 0 aliphatic carbocycles. The lowest BCUT2D eigenvalue weighted by Gasteiger charge is -2.42. The molecule has 0 fully saturated rings. The second-order valence-corrected chi connectivity index (χ2v) is 15.5. The normalized spacial score (nSPS) is 23.8. The molecule has 14 N–H and O–H groups in total. The molecule has 6 aromatic carbocycles. The maximum Gasteiger partial charge on any atom is 0.200 e. The molecule has 6 aromatic rings. The number of hydrogen-bond acceptors (Lipinski definition) is 17. The van der Waals surface area contributed by atoms with Crippen molar-refractivity contribution in [1.29, 1.82) is 0 Å². The molecule has 0 bridgehead atoms. The SMILES string of the molecule is Oc1ccc2c(c1)OC(c1cc(O)c(O)c(O)c1)C(O)C2c1cc(C2c3ccc(O)cc3OC(c3cc(O)c(O)c(O)c3)C2O)c2c(c1O)CC(O)C(c1ccc(O)c(O)c1)O2. The van der Waals surface area contributed by atoms with Gasteiger partial charge in [0.2, 0.25) is 0 Å². The summed E-state index contributed by atoms with van der Waals surface area (Å²) in [5.41, 5.74) is 0.775. The van der Waals surface area contributed by atoms with Gasteiger partial charge in [-0.2, -0.15) is 0 Å². The Balaban J connectivity index is 1.29. The van der Waals surface area contributed by atoms with Crippen LogP contribution in [-0.4, -0.2) is 89.8 Å². The summed E-state index contributed by atoms with van der Waals surface area (Å²) in [5, 5.41) is 152. The molecule has 9 rings (SSSR count). The van der Waals surface area contributed by atoms with Gasteiger partial charge in [0.25, 0.3) is 0 Å². The van der Waals surface area contributed by atoms with Crippen LogP contribution in [0.25, 0.3) is 0 Å². The highest BCUT2D eigenvalue weighted by Gasteiger charge is 2.47. The molecule has 0 aromatic heterocycles. The van der Waals surface area contributed by atoms with Crippen molar-refractivity contribution >= 4 is 0 Å². The molecule has 3 aliphatic rings. The molecule has 3 heterocycles. The van der Waals surface area contributed by atoms with E-state index in [9.17, 15) is 71.5 Å². The average molecular weight is 851 g/mol. The molecule has 17 heteroatoms. The van der Waals surface area contributed by atoms with Gasteiger partial charge in [-0.3, -0.25) is 0 Å². The quantitative estimate of drug-likeness (QED) is 0.104. The fraction of sp³-hybridized carbons (Fsp3) is 0.200. The van der Waals surface area contributed by atoms with Crippen molar-refractivity contribution in [3.8, 4) is 80.5 Å². The molecule has 0 saturated heterocycles. The van der Waals surface area contributed by atoms with E-state index < -0.39 is 100 Å². The minimum Gasteiger partial charge on any atom is -0.508 e. The highest BCUT2D eigenvalue weighted by Crippen LogP contribution is 2.57. The molecular formula is C45H38O17. The summed E-state index contributed by atoms with van der Waals surface area (Å²) in [6.45, 7) is 0. The van der Waals surface area contributed by atoms with Gasteiger partial charge in [0.1, 0.15) is 52.8 Å². The number of phenolic OH excluding ortho intramolecular Hbond substituents is 11. The van der Waals surface area contributed by atoms with Crippen LogP contribution < -0.4 is 14.2 Å². The van der Waals surface area contributed by atoms with Crippen LogP contribution in [0.4, 0.5) is 0 Å². The van der Waals surface area contributed by atoms with Crippen LogP contribution in [0.2, 0.25) is 0 Å². The van der Waals surface area contributed by atoms with E-state index in [1.807, 2.05) is 0 Å². The third-order valence-corrected chi connectivity index (χ3v) is 11.7. The summed E-state index contributed by atoms with van der Waals surface area (Å²) in [6, 6.07) is 17.5. The Morgan fingerprint density at radius 2 is 0.855 bits per heavy atom. The van der Waals surface area contributed by atoms with E-state index in [0.717, 1.165) is 24.3 Å². The summed E-state index contributed by atoms with van der Waals surface area (Å²) in [5.74, 6) is -9.08. The number of fused-ring (bicyclic) bond motifs is 3. The van der Waals surface area contributed by atoms with Crippen LogP contribution in [0.1, 0.15) is 74.7 Å². The third-order valence-electron chi connectivity index (χ3n) is 11.7. The van der Waals surface area contributed by atoms with Crippen molar-refractivity contribution in [2.24, 2.45) is 0 Å². The Bertz CT molecular complexity index is 2740. The van der Waals surface area contributed by atoms with Crippen LogP contribution in [0, 0.1) is 0 Å². The highest BCUT2D eigenvalue weighted by atomic mass is 16.5. The minimum atomic E-state index is -1.67. The lowest BCUT2D eigenvalue weighted by Crippen LogP contribution is -2.38. The lowest BCUT2D eigenvalue weighted by atomic mass is 9.74. The zero-order valence-corrected chi connectivity index (χ0v) is 31.9. The number of aliphatic hydroxyl groups excluding tert-OH is 3. The van der Waals surface area contributed by atoms with Crippen molar-refractivity contribution < 1.29 is 85.7 Å². The number of aliphatic hydroxyl groups is 3. The summed E-state index contributed by atoms with van der Waals surface area (Å²) >= 11 is 0. The largest absolute Gasteiger partial charge is 0.508 e. The first kappa shape index (κ1) is 39.8. The van der Waals surface area contributed by atoms with Gasteiger partial charge in [-0.25, -0.2) is 0 Å². The summed E-state index contributed by atoms with van der Waals surface area (Å²) in [4.78, 5) is 0. The highest BCUT2D eigenvalue weighted by molar-refractivity contribution is 5.65. The number of aromatic hydroxyl groups is 11. The summed E-state index contributed by atoms with van der Waals surface area (Å²) in [7, 11) is 0. The fourth-order valence-corrected chi connectivity index (χ4v) is 8.79. The smallest absolute Gasteiger partial charge is 0.200 e. The topological polar surface area (TPSA) is 311 Å². The van der Waals surface area contributed by atoms with Crippen molar-refractivity contribution in [2.75, 3.05) is 0 Å². The van der Waals surface area contributed by atoms with Gasteiger partial charge < -0.3 is 85.7 Å². The molecule has 0 radical (unpaired) electrons. The van der Waals surface area contributed by atoms with Crippen LogP contribution in [0.15, 0.2) is 84.9 Å². The lowest BCUT2D eigenvalue weighted by molar-refractivity contribution is 0.00128. The van der Waals surface area contributed by atoms with E-state index in [1.165, 1.54) is 60.7 Å². The second kappa shape index (κ2) is 14.5. The third kappa shape index (κ3) is 6.37. The van der Waals surface area contributed by atoms with Crippen molar-refractivity contribution in [1.82, 2.24) is 0 Å². The van der Waals surface area contributed by atoms with E-state index in [0.29, 0.717) is 0 Å². The number of ether oxygens (including phenoxy) is 3. The second-order valence-electron chi connectivity index (χ2n) is 15.5. The van der Waals surface area contributed by atoms with Crippen LogP contribution in [-0.2, 0) is 6.42 Å². The number of benzene rings is 6.